The van der Waals surface area contributed by atoms with E-state index in [9.17, 15) is 24.1 Å². The van der Waals surface area contributed by atoms with Gasteiger partial charge in [-0.05, 0) is 30.5 Å². The third-order valence-electron chi connectivity index (χ3n) is 5.95. The highest BCUT2D eigenvalue weighted by molar-refractivity contribution is 7.99. The minimum atomic E-state index is -3.41. The standard InChI is InChI=1S/C23H28F2N6O4S/c1-2-7-36-23-27-21(26-15-9-12(15)11-3-4-13(24)14(25)8-11)18-22(28-23)31(30-29-18)16-10-17(35-6-5-32)20(34)19(16)33/h3-4,8,12,15-17,19-20,32-34H,2,5-7,9-10H2,1H3,(H,26,27,28)/t12?,15-,16+,17-,19-,20+/m0/s1/i3D,4D,5D2,6D2,8D,12D. The molecule has 6 atom stereocenters. The van der Waals surface area contributed by atoms with Crippen LogP contribution in [0.1, 0.15) is 54.7 Å². The number of hydrogen-bond acceptors (Lipinski definition) is 10. The van der Waals surface area contributed by atoms with Crippen molar-refractivity contribution < 1.29 is 39.8 Å². The number of thioether (sulfide) groups is 1. The van der Waals surface area contributed by atoms with Crippen molar-refractivity contribution in [1.82, 2.24) is 25.0 Å². The summed E-state index contributed by atoms with van der Waals surface area (Å²) in [5, 5.41) is 42.2. The minimum Gasteiger partial charge on any atom is -0.394 e. The Kier molecular flexibility index (Phi) is 5.00. The van der Waals surface area contributed by atoms with Crippen molar-refractivity contribution in [2.75, 3.05) is 24.2 Å². The number of nitrogens with one attached hydrogen (secondary N) is 1. The number of aromatic nitrogens is 5. The number of rotatable bonds is 10. The van der Waals surface area contributed by atoms with Gasteiger partial charge < -0.3 is 25.4 Å². The van der Waals surface area contributed by atoms with Gasteiger partial charge in [0.15, 0.2) is 33.8 Å². The molecule has 0 amide bonds. The minimum absolute atomic E-state index is 0.0424. The zero-order chi connectivity index (χ0) is 32.5. The van der Waals surface area contributed by atoms with E-state index in [0.717, 1.165) is 6.42 Å². The molecule has 1 unspecified atom stereocenters. The molecule has 0 saturated heterocycles. The van der Waals surface area contributed by atoms with E-state index in [1.54, 1.807) is 0 Å². The van der Waals surface area contributed by atoms with Crippen LogP contribution >= 0.6 is 11.8 Å². The van der Waals surface area contributed by atoms with E-state index in [4.69, 9.17) is 15.7 Å². The molecule has 2 heterocycles. The highest BCUT2D eigenvalue weighted by Gasteiger charge is 2.45. The molecular weight excluding hydrogens is 494 g/mol. The Balaban J connectivity index is 1.48. The van der Waals surface area contributed by atoms with Gasteiger partial charge in [-0.3, -0.25) is 0 Å². The van der Waals surface area contributed by atoms with Crippen molar-refractivity contribution >= 4 is 28.7 Å². The summed E-state index contributed by atoms with van der Waals surface area (Å²) in [6.45, 7) is -4.70. The second kappa shape index (κ2) is 10.5. The molecule has 2 aliphatic carbocycles. The number of halogens is 2. The fraction of sp³-hybridized carbons (Fsp3) is 0.565. The van der Waals surface area contributed by atoms with Crippen LogP contribution in [0.25, 0.3) is 11.2 Å². The lowest BCUT2D eigenvalue weighted by Crippen LogP contribution is -2.33. The van der Waals surface area contributed by atoms with E-state index < -0.39 is 84.7 Å². The lowest BCUT2D eigenvalue weighted by Gasteiger charge is -2.17. The van der Waals surface area contributed by atoms with Crippen LogP contribution in [0.3, 0.4) is 0 Å². The summed E-state index contributed by atoms with van der Waals surface area (Å²) in [5.74, 6) is -4.36. The van der Waals surface area contributed by atoms with E-state index in [-0.39, 0.29) is 35.0 Å². The number of aliphatic hydroxyl groups excluding tert-OH is 2. The second-order valence-electron chi connectivity index (χ2n) is 8.37. The predicted octanol–water partition coefficient (Wildman–Crippen LogP) is 2.01. The van der Waals surface area contributed by atoms with Gasteiger partial charge in [0.2, 0.25) is 0 Å². The number of aliphatic hydroxyl groups is 3. The van der Waals surface area contributed by atoms with E-state index >= 15 is 0 Å². The zero-order valence-electron chi connectivity index (χ0n) is 26.9. The van der Waals surface area contributed by atoms with E-state index in [1.807, 2.05) is 6.92 Å². The maximum Gasteiger partial charge on any atom is 0.191 e. The Hall–Kier alpha value is -2.45. The van der Waals surface area contributed by atoms with Crippen LogP contribution in [0.4, 0.5) is 14.6 Å². The fourth-order valence-electron chi connectivity index (χ4n) is 4.09. The fourth-order valence-corrected chi connectivity index (χ4v) is 4.78. The van der Waals surface area contributed by atoms with Crippen LogP contribution in [-0.2, 0) is 4.74 Å². The molecule has 4 N–H and O–H groups in total. The summed E-state index contributed by atoms with van der Waals surface area (Å²) in [6.07, 6.45) is -4.31. The first-order valence-corrected chi connectivity index (χ1v) is 12.1. The topological polar surface area (TPSA) is 138 Å². The molecular formula is C23H28F2N6O4S. The largest absolute Gasteiger partial charge is 0.394 e. The number of benzene rings is 1. The first kappa shape index (κ1) is 17.1. The second-order valence-corrected chi connectivity index (χ2v) is 9.43. The molecule has 194 valence electrons. The van der Waals surface area contributed by atoms with Gasteiger partial charge in [-0.1, -0.05) is 29.9 Å². The zero-order valence-corrected chi connectivity index (χ0v) is 19.7. The molecule has 0 radical (unpaired) electrons. The Morgan fingerprint density at radius 1 is 1.28 bits per heavy atom. The Morgan fingerprint density at radius 3 is 2.89 bits per heavy atom. The summed E-state index contributed by atoms with van der Waals surface area (Å²) in [6, 6.07) is -4.75. The molecule has 0 aliphatic heterocycles. The van der Waals surface area contributed by atoms with Gasteiger partial charge in [-0.25, -0.2) is 23.4 Å². The molecule has 2 aromatic heterocycles. The van der Waals surface area contributed by atoms with Crippen LogP contribution in [0.5, 0.6) is 0 Å². The van der Waals surface area contributed by atoms with E-state index in [0.29, 0.717) is 5.75 Å². The van der Waals surface area contributed by atoms with Crippen molar-refractivity contribution in [2.45, 2.75) is 67.6 Å². The monoisotopic (exact) mass is 530 g/mol. The van der Waals surface area contributed by atoms with Gasteiger partial charge in [0.05, 0.1) is 34.9 Å². The number of ether oxygens (including phenoxy) is 1. The van der Waals surface area contributed by atoms with Crippen LogP contribution in [0.15, 0.2) is 23.3 Å². The molecule has 36 heavy (non-hydrogen) atoms. The van der Waals surface area contributed by atoms with Gasteiger partial charge in [0.1, 0.15) is 12.2 Å². The maximum absolute atomic E-state index is 14.3. The van der Waals surface area contributed by atoms with Crippen molar-refractivity contribution in [3.8, 4) is 0 Å². The van der Waals surface area contributed by atoms with Gasteiger partial charge in [0.25, 0.3) is 0 Å². The molecule has 13 heteroatoms. The smallest absolute Gasteiger partial charge is 0.191 e. The molecule has 0 spiro atoms. The first-order valence-electron chi connectivity index (χ1n) is 15.2. The van der Waals surface area contributed by atoms with E-state index in [2.05, 4.69) is 25.6 Å². The van der Waals surface area contributed by atoms with Crippen LogP contribution in [0, 0.1) is 11.6 Å². The molecule has 2 saturated carbocycles. The highest BCUT2D eigenvalue weighted by Crippen LogP contribution is 2.44. The van der Waals surface area contributed by atoms with Crippen LogP contribution < -0.4 is 5.32 Å². The lowest BCUT2D eigenvalue weighted by molar-refractivity contribution is -0.0629. The Labute approximate surface area is 221 Å². The molecule has 2 aliphatic rings. The summed E-state index contributed by atoms with van der Waals surface area (Å²) in [5.41, 5.74) is -0.329. The third kappa shape index (κ3) is 4.90. The van der Waals surface area contributed by atoms with E-state index in [1.165, 1.54) is 16.4 Å². The normalized spacial score (nSPS) is 33.7. The summed E-state index contributed by atoms with van der Waals surface area (Å²) in [4.78, 5) is 8.94. The molecule has 3 aromatic rings. The molecule has 5 rings (SSSR count). The molecule has 0 bridgehead atoms. The van der Waals surface area contributed by atoms with Gasteiger partial charge in [-0.15, -0.1) is 5.10 Å². The Bertz CT molecular complexity index is 1570. The van der Waals surface area contributed by atoms with Gasteiger partial charge in [-0.2, -0.15) is 0 Å². The highest BCUT2D eigenvalue weighted by atomic mass is 32.2. The maximum atomic E-state index is 14.3. The van der Waals surface area contributed by atoms with Crippen molar-refractivity contribution in [3.63, 3.8) is 0 Å². The molecule has 2 fully saturated rings. The Morgan fingerprint density at radius 2 is 2.11 bits per heavy atom. The third-order valence-corrected chi connectivity index (χ3v) is 7.00. The summed E-state index contributed by atoms with van der Waals surface area (Å²) in [7, 11) is 0. The first-order chi connectivity index (χ1) is 20.4. The number of hydrogen-bond donors (Lipinski definition) is 4. The molecule has 10 nitrogen and oxygen atoms in total. The molecule has 1 aromatic carbocycles. The van der Waals surface area contributed by atoms with Crippen LogP contribution in [0.2, 0.25) is 0 Å². The number of fused-ring (bicyclic) bond motifs is 1. The average molecular weight is 531 g/mol. The number of nitrogens with zero attached hydrogens (tertiary/aromatic N) is 5. The average Bonchev–Trinajstić information content (AvgIpc) is 3.26. The number of anilines is 1. The quantitative estimate of drug-likeness (QED) is 0.227. The SMILES string of the molecule is [2H]c1c([2H])c(C2([2H])C[C@@H]2Nc2nc(SCCC)nc3c2nnn3[C@@H]2C[C@H](OC([2H])([2H])C([2H])([2H])O)[C@@H](O)[C@H]2O)c([2H])c(F)c1F. The predicted molar refractivity (Wildman–Crippen MR) is 128 cm³/mol. The van der Waals surface area contributed by atoms with Gasteiger partial charge >= 0.3 is 0 Å². The van der Waals surface area contributed by atoms with Crippen molar-refractivity contribution in [2.24, 2.45) is 0 Å². The van der Waals surface area contributed by atoms with Crippen molar-refractivity contribution in [3.05, 3.63) is 35.3 Å². The summed E-state index contributed by atoms with van der Waals surface area (Å²) >= 11 is 1.26. The van der Waals surface area contributed by atoms with Gasteiger partial charge in [0, 0.05) is 25.5 Å². The van der Waals surface area contributed by atoms with Crippen LogP contribution in [-0.4, -0.2) is 83.5 Å². The lowest BCUT2D eigenvalue weighted by atomic mass is 10.1. The van der Waals surface area contributed by atoms with Crippen molar-refractivity contribution in [1.29, 1.82) is 0 Å². The summed E-state index contributed by atoms with van der Waals surface area (Å²) < 4.78 is 96.9.